The molecule has 3 aromatic rings. The first-order valence-corrected chi connectivity index (χ1v) is 13.6. The molecule has 0 aromatic heterocycles. The van der Waals surface area contributed by atoms with Crippen molar-refractivity contribution in [3.05, 3.63) is 88.4 Å². The number of aryl methyl sites for hydroxylation is 1. The number of amides is 1. The van der Waals surface area contributed by atoms with E-state index in [9.17, 15) is 13.2 Å². The van der Waals surface area contributed by atoms with Gasteiger partial charge in [-0.25, -0.2) is 8.42 Å². The average Bonchev–Trinajstić information content (AvgIpc) is 2.82. The fraction of sp³-hybridized carbons (Fsp3) is 0.296. The van der Waals surface area contributed by atoms with Gasteiger partial charge in [0.1, 0.15) is 0 Å². The van der Waals surface area contributed by atoms with Crippen molar-refractivity contribution in [3.63, 3.8) is 0 Å². The Bertz CT molecular complexity index is 1290. The van der Waals surface area contributed by atoms with Crippen LogP contribution in [0.4, 0.5) is 11.4 Å². The largest absolute Gasteiger partial charge is 0.322 e. The number of halogens is 1. The number of benzene rings is 3. The molecule has 1 aliphatic rings. The molecule has 0 bridgehead atoms. The van der Waals surface area contributed by atoms with Gasteiger partial charge in [-0.3, -0.25) is 14.4 Å². The van der Waals surface area contributed by atoms with E-state index in [0.717, 1.165) is 31.1 Å². The first kappa shape index (κ1) is 25.2. The van der Waals surface area contributed by atoms with Crippen molar-refractivity contribution in [2.75, 3.05) is 23.1 Å². The number of piperidine rings is 1. The number of hydrogen-bond acceptors (Lipinski definition) is 4. The molecule has 1 fully saturated rings. The number of hydrogen-bond donors (Lipinski definition) is 2. The van der Waals surface area contributed by atoms with Crippen molar-refractivity contribution in [2.45, 2.75) is 38.1 Å². The van der Waals surface area contributed by atoms with Gasteiger partial charge >= 0.3 is 0 Å². The molecule has 1 aliphatic heterocycles. The zero-order chi connectivity index (χ0) is 25.0. The molecule has 0 aliphatic carbocycles. The van der Waals surface area contributed by atoms with Crippen LogP contribution in [0.2, 0.25) is 5.02 Å². The highest BCUT2D eigenvalue weighted by atomic mass is 35.5. The van der Waals surface area contributed by atoms with Crippen LogP contribution in [0.15, 0.2) is 71.6 Å². The Balaban J connectivity index is 1.37. The first-order chi connectivity index (χ1) is 16.7. The highest BCUT2D eigenvalue weighted by Crippen LogP contribution is 2.24. The van der Waals surface area contributed by atoms with E-state index in [1.54, 1.807) is 37.3 Å². The second-order valence-corrected chi connectivity index (χ2v) is 11.3. The van der Waals surface area contributed by atoms with Crippen LogP contribution in [0.1, 0.15) is 41.3 Å². The molecule has 1 atom stereocenters. The van der Waals surface area contributed by atoms with Crippen molar-refractivity contribution in [3.8, 4) is 0 Å². The third kappa shape index (κ3) is 6.63. The fourth-order valence-electron chi connectivity index (χ4n) is 4.28. The standard InChI is InChI=1S/C27H30ClN3O3S/c1-19-4-3-15-31(17-19)18-21-6-8-22(9-7-21)27(32)29-24-11-13-25(14-12-24)35(33,34)30-26-16-23(28)10-5-20(26)2/h5-14,16,19,30H,3-4,15,17-18H2,1-2H3,(H,29,32)/t19-/m0/s1. The molecule has 0 unspecified atom stereocenters. The first-order valence-electron chi connectivity index (χ1n) is 11.7. The maximum absolute atomic E-state index is 12.8. The highest BCUT2D eigenvalue weighted by molar-refractivity contribution is 7.92. The molecule has 0 radical (unpaired) electrons. The summed E-state index contributed by atoms with van der Waals surface area (Å²) >= 11 is 5.99. The van der Waals surface area contributed by atoms with E-state index in [1.807, 2.05) is 24.3 Å². The molecule has 0 saturated carbocycles. The third-order valence-electron chi connectivity index (χ3n) is 6.23. The van der Waals surface area contributed by atoms with E-state index < -0.39 is 10.0 Å². The molecule has 1 heterocycles. The molecule has 6 nitrogen and oxygen atoms in total. The van der Waals surface area contributed by atoms with Crippen LogP contribution < -0.4 is 10.0 Å². The van der Waals surface area contributed by atoms with Gasteiger partial charge in [0.2, 0.25) is 0 Å². The van der Waals surface area contributed by atoms with E-state index in [1.165, 1.54) is 30.5 Å². The van der Waals surface area contributed by atoms with E-state index in [4.69, 9.17) is 11.6 Å². The van der Waals surface area contributed by atoms with Gasteiger partial charge in [-0.2, -0.15) is 0 Å². The van der Waals surface area contributed by atoms with Crippen LogP contribution in [0.25, 0.3) is 0 Å². The van der Waals surface area contributed by atoms with Gasteiger partial charge in [0.15, 0.2) is 0 Å². The van der Waals surface area contributed by atoms with Gasteiger partial charge < -0.3 is 5.32 Å². The number of sulfonamides is 1. The smallest absolute Gasteiger partial charge is 0.261 e. The van der Waals surface area contributed by atoms with Crippen LogP contribution in [-0.2, 0) is 16.6 Å². The Morgan fingerprint density at radius 2 is 1.77 bits per heavy atom. The summed E-state index contributed by atoms with van der Waals surface area (Å²) in [5, 5.41) is 3.27. The third-order valence-corrected chi connectivity index (χ3v) is 7.85. The van der Waals surface area contributed by atoms with Crippen molar-refractivity contribution in [2.24, 2.45) is 5.92 Å². The molecule has 1 amide bonds. The topological polar surface area (TPSA) is 78.5 Å². The number of nitrogens with zero attached hydrogens (tertiary/aromatic N) is 1. The summed E-state index contributed by atoms with van der Waals surface area (Å²) in [7, 11) is -3.80. The summed E-state index contributed by atoms with van der Waals surface area (Å²) < 4.78 is 28.1. The maximum atomic E-state index is 12.8. The van der Waals surface area contributed by atoms with Gasteiger partial charge in [-0.05, 0) is 91.9 Å². The summed E-state index contributed by atoms with van der Waals surface area (Å²) in [6.07, 6.45) is 2.53. The predicted molar refractivity (Wildman–Crippen MR) is 142 cm³/mol. The number of rotatable bonds is 7. The summed E-state index contributed by atoms with van der Waals surface area (Å²) in [5.74, 6) is 0.485. The summed E-state index contributed by atoms with van der Waals surface area (Å²) in [6, 6.07) is 18.7. The lowest BCUT2D eigenvalue weighted by atomic mass is 9.99. The van der Waals surface area contributed by atoms with Crippen LogP contribution in [-0.4, -0.2) is 32.3 Å². The van der Waals surface area contributed by atoms with Crippen LogP contribution in [0, 0.1) is 12.8 Å². The van der Waals surface area contributed by atoms with E-state index in [-0.39, 0.29) is 10.8 Å². The summed E-state index contributed by atoms with van der Waals surface area (Å²) in [5.41, 5.74) is 3.44. The van der Waals surface area contributed by atoms with Crippen LogP contribution in [0.5, 0.6) is 0 Å². The number of carbonyl (C=O) groups excluding carboxylic acids is 1. The number of anilines is 2. The van der Waals surface area contributed by atoms with Crippen molar-refractivity contribution in [1.82, 2.24) is 4.90 Å². The van der Waals surface area contributed by atoms with Crippen LogP contribution >= 0.6 is 11.6 Å². The lowest BCUT2D eigenvalue weighted by Crippen LogP contribution is -2.33. The maximum Gasteiger partial charge on any atom is 0.261 e. The number of likely N-dealkylation sites (tertiary alicyclic amines) is 1. The van der Waals surface area contributed by atoms with Gasteiger partial charge in [0, 0.05) is 29.4 Å². The van der Waals surface area contributed by atoms with Crippen molar-refractivity contribution in [1.29, 1.82) is 0 Å². The Kier molecular flexibility index (Phi) is 7.79. The van der Waals surface area contributed by atoms with Gasteiger partial charge in [-0.1, -0.05) is 36.7 Å². The highest BCUT2D eigenvalue weighted by Gasteiger charge is 2.17. The van der Waals surface area contributed by atoms with E-state index >= 15 is 0 Å². The lowest BCUT2D eigenvalue weighted by molar-refractivity contribution is 0.102. The minimum atomic E-state index is -3.80. The summed E-state index contributed by atoms with van der Waals surface area (Å²) in [4.78, 5) is 15.2. The van der Waals surface area contributed by atoms with Gasteiger partial charge in [-0.15, -0.1) is 0 Å². The second-order valence-electron chi connectivity index (χ2n) is 9.22. The zero-order valence-corrected chi connectivity index (χ0v) is 21.5. The second kappa shape index (κ2) is 10.8. The van der Waals surface area contributed by atoms with E-state index in [0.29, 0.717) is 22.0 Å². The quantitative estimate of drug-likeness (QED) is 0.412. The van der Waals surface area contributed by atoms with E-state index in [2.05, 4.69) is 21.9 Å². The Morgan fingerprint density at radius 1 is 1.06 bits per heavy atom. The molecular weight excluding hydrogens is 482 g/mol. The minimum absolute atomic E-state index is 0.0891. The molecule has 3 aromatic carbocycles. The monoisotopic (exact) mass is 511 g/mol. The summed E-state index contributed by atoms with van der Waals surface area (Å²) in [6.45, 7) is 7.21. The average molecular weight is 512 g/mol. The SMILES string of the molecule is Cc1ccc(Cl)cc1NS(=O)(=O)c1ccc(NC(=O)c2ccc(CN3CCC[C@H](C)C3)cc2)cc1. The molecule has 0 spiro atoms. The Labute approximate surface area is 212 Å². The molecule has 184 valence electrons. The molecule has 35 heavy (non-hydrogen) atoms. The van der Waals surface area contributed by atoms with Gasteiger partial charge in [0.25, 0.3) is 15.9 Å². The van der Waals surface area contributed by atoms with Crippen molar-refractivity contribution >= 4 is 38.9 Å². The van der Waals surface area contributed by atoms with Gasteiger partial charge in [0.05, 0.1) is 10.6 Å². The van der Waals surface area contributed by atoms with Crippen LogP contribution in [0.3, 0.4) is 0 Å². The van der Waals surface area contributed by atoms with Crippen molar-refractivity contribution < 1.29 is 13.2 Å². The lowest BCUT2D eigenvalue weighted by Gasteiger charge is -2.30. The predicted octanol–water partition coefficient (Wildman–Crippen LogP) is 5.93. The molecule has 2 N–H and O–H groups in total. The minimum Gasteiger partial charge on any atom is -0.322 e. The zero-order valence-electron chi connectivity index (χ0n) is 19.9. The Hall–Kier alpha value is -2.87. The molecule has 1 saturated heterocycles. The number of nitrogens with one attached hydrogen (secondary N) is 2. The normalized spacial score (nSPS) is 16.6. The number of carbonyl (C=O) groups is 1. The molecular formula is C27H30ClN3O3S. The Morgan fingerprint density at radius 3 is 2.46 bits per heavy atom. The molecule has 4 rings (SSSR count). The molecule has 8 heteroatoms. The fourth-order valence-corrected chi connectivity index (χ4v) is 5.57.